The van der Waals surface area contributed by atoms with Crippen molar-refractivity contribution in [2.75, 3.05) is 10.2 Å². The van der Waals surface area contributed by atoms with Crippen LogP contribution in [0.3, 0.4) is 0 Å². The molecule has 1 aromatic carbocycles. The number of amides is 1. The van der Waals surface area contributed by atoms with Gasteiger partial charge >= 0.3 is 0 Å². The van der Waals surface area contributed by atoms with Crippen LogP contribution in [-0.4, -0.2) is 11.6 Å². The summed E-state index contributed by atoms with van der Waals surface area (Å²) in [6.07, 6.45) is 1.54. The largest absolute Gasteiger partial charge is 0.361 e. The molecule has 0 aromatic heterocycles. The molecule has 2 aliphatic heterocycles. The van der Waals surface area contributed by atoms with Gasteiger partial charge in [-0.3, -0.25) is 9.69 Å². The lowest BCUT2D eigenvalue weighted by atomic mass is 10.1. The molecule has 1 unspecified atom stereocenters. The summed E-state index contributed by atoms with van der Waals surface area (Å²) in [5.74, 6) is 0.231. The summed E-state index contributed by atoms with van der Waals surface area (Å²) in [6, 6.07) is 6.10. The first kappa shape index (κ1) is 8.77. The van der Waals surface area contributed by atoms with Gasteiger partial charge in [-0.05, 0) is 31.9 Å². The van der Waals surface area contributed by atoms with Gasteiger partial charge in [0.15, 0.2) is 0 Å². The molecule has 15 heavy (non-hydrogen) atoms. The van der Waals surface area contributed by atoms with E-state index in [1.165, 1.54) is 5.56 Å². The van der Waals surface area contributed by atoms with E-state index in [1.807, 2.05) is 17.0 Å². The quantitative estimate of drug-likeness (QED) is 0.700. The Labute approximate surface area is 89.1 Å². The summed E-state index contributed by atoms with van der Waals surface area (Å²) < 4.78 is 0. The number of carbonyl (C=O) groups is 1. The van der Waals surface area contributed by atoms with E-state index in [-0.39, 0.29) is 11.6 Å². The van der Waals surface area contributed by atoms with E-state index in [2.05, 4.69) is 25.2 Å². The van der Waals surface area contributed by atoms with Crippen molar-refractivity contribution in [2.45, 2.75) is 32.4 Å². The molecule has 0 radical (unpaired) electrons. The monoisotopic (exact) mass is 202 g/mol. The fourth-order valence-electron chi connectivity index (χ4n) is 2.64. The predicted octanol–water partition coefficient (Wildman–Crippen LogP) is 2.26. The Hall–Kier alpha value is -1.51. The lowest BCUT2D eigenvalue weighted by Crippen LogP contribution is -2.44. The van der Waals surface area contributed by atoms with Gasteiger partial charge < -0.3 is 5.32 Å². The number of nitrogens with one attached hydrogen (secondary N) is 1. The maximum absolute atomic E-state index is 11.8. The molecule has 0 saturated carbocycles. The highest BCUT2D eigenvalue weighted by atomic mass is 16.2. The minimum absolute atomic E-state index is 0.189. The van der Waals surface area contributed by atoms with E-state index in [0.29, 0.717) is 6.42 Å². The molecule has 1 saturated heterocycles. The van der Waals surface area contributed by atoms with Crippen molar-refractivity contribution in [3.8, 4) is 0 Å². The first-order valence-electron chi connectivity index (χ1n) is 5.33. The van der Waals surface area contributed by atoms with Gasteiger partial charge in [0.25, 0.3) is 0 Å². The number of benzene rings is 1. The summed E-state index contributed by atoms with van der Waals surface area (Å²) in [7, 11) is 0. The van der Waals surface area contributed by atoms with Gasteiger partial charge in [-0.25, -0.2) is 0 Å². The first-order valence-corrected chi connectivity index (χ1v) is 5.33. The first-order chi connectivity index (χ1) is 7.12. The molecule has 0 bridgehead atoms. The maximum atomic E-state index is 11.8. The second kappa shape index (κ2) is 2.54. The Bertz CT molecular complexity index is 455. The van der Waals surface area contributed by atoms with E-state index >= 15 is 0 Å². The van der Waals surface area contributed by atoms with Gasteiger partial charge in [0.05, 0.1) is 11.4 Å². The van der Waals surface area contributed by atoms with Crippen molar-refractivity contribution >= 4 is 17.3 Å². The van der Waals surface area contributed by atoms with E-state index in [0.717, 1.165) is 17.8 Å². The number of hydrogen-bond donors (Lipinski definition) is 1. The predicted molar refractivity (Wildman–Crippen MR) is 59.9 cm³/mol. The van der Waals surface area contributed by atoms with Crippen LogP contribution in [0.2, 0.25) is 0 Å². The Morgan fingerprint density at radius 2 is 2.27 bits per heavy atom. The van der Waals surface area contributed by atoms with Crippen LogP contribution in [0, 0.1) is 6.92 Å². The second-order valence-corrected chi connectivity index (χ2v) is 4.60. The molecule has 3 nitrogen and oxygen atoms in total. The average molecular weight is 202 g/mol. The summed E-state index contributed by atoms with van der Waals surface area (Å²) >= 11 is 0. The van der Waals surface area contributed by atoms with Crippen LogP contribution in [0.15, 0.2) is 18.2 Å². The van der Waals surface area contributed by atoms with Crippen LogP contribution in [0.4, 0.5) is 11.4 Å². The van der Waals surface area contributed by atoms with Crippen molar-refractivity contribution < 1.29 is 4.79 Å². The second-order valence-electron chi connectivity index (χ2n) is 4.60. The third kappa shape index (κ3) is 0.978. The van der Waals surface area contributed by atoms with Crippen LogP contribution in [0.5, 0.6) is 0 Å². The van der Waals surface area contributed by atoms with Crippen molar-refractivity contribution in [1.82, 2.24) is 0 Å². The molecule has 1 amide bonds. The molecule has 1 N–H and O–H groups in total. The van der Waals surface area contributed by atoms with E-state index in [1.54, 1.807) is 0 Å². The number of aryl methyl sites for hydroxylation is 1. The van der Waals surface area contributed by atoms with Crippen LogP contribution in [0.25, 0.3) is 0 Å². The number of nitrogens with zero attached hydrogens (tertiary/aromatic N) is 1. The number of fused-ring (bicyclic) bond motifs is 3. The summed E-state index contributed by atoms with van der Waals surface area (Å²) in [5.41, 5.74) is 3.18. The number of hydrogen-bond acceptors (Lipinski definition) is 2. The molecule has 3 heteroatoms. The number of carbonyl (C=O) groups excluding carboxylic acids is 1. The highest BCUT2D eigenvalue weighted by Gasteiger charge is 2.48. The lowest BCUT2D eigenvalue weighted by molar-refractivity contribution is -0.117. The molecule has 3 rings (SSSR count). The van der Waals surface area contributed by atoms with Crippen molar-refractivity contribution in [1.29, 1.82) is 0 Å². The molecule has 1 fully saturated rings. The SMILES string of the molecule is Cc1cccc2c1NC1(C)CCC(=O)N21. The average Bonchev–Trinajstić information content (AvgIpc) is 2.63. The van der Waals surface area contributed by atoms with Gasteiger partial charge in [-0.2, -0.15) is 0 Å². The van der Waals surface area contributed by atoms with Crippen LogP contribution >= 0.6 is 0 Å². The fraction of sp³-hybridized carbons (Fsp3) is 0.417. The zero-order chi connectivity index (χ0) is 10.6. The Kier molecular flexibility index (Phi) is 1.48. The van der Waals surface area contributed by atoms with Crippen molar-refractivity contribution in [2.24, 2.45) is 0 Å². The van der Waals surface area contributed by atoms with Gasteiger partial charge in [0.1, 0.15) is 5.66 Å². The normalized spacial score (nSPS) is 27.6. The molecule has 0 aliphatic carbocycles. The molecule has 0 spiro atoms. The van der Waals surface area contributed by atoms with Crippen LogP contribution in [-0.2, 0) is 4.79 Å². The third-order valence-electron chi connectivity index (χ3n) is 3.45. The minimum atomic E-state index is -0.189. The van der Waals surface area contributed by atoms with Crippen molar-refractivity contribution in [3.05, 3.63) is 23.8 Å². The summed E-state index contributed by atoms with van der Waals surface area (Å²) in [4.78, 5) is 13.7. The van der Waals surface area contributed by atoms with E-state index < -0.39 is 0 Å². The highest BCUT2D eigenvalue weighted by Crippen LogP contribution is 2.46. The van der Waals surface area contributed by atoms with Crippen molar-refractivity contribution in [3.63, 3.8) is 0 Å². The van der Waals surface area contributed by atoms with Crippen LogP contribution < -0.4 is 10.2 Å². The maximum Gasteiger partial charge on any atom is 0.229 e. The Balaban J connectivity index is 2.21. The van der Waals surface area contributed by atoms with Gasteiger partial charge in [-0.1, -0.05) is 12.1 Å². The third-order valence-corrected chi connectivity index (χ3v) is 3.45. The zero-order valence-electron chi connectivity index (χ0n) is 9.00. The van der Waals surface area contributed by atoms with E-state index in [4.69, 9.17) is 0 Å². The number of para-hydroxylation sites is 1. The summed E-state index contributed by atoms with van der Waals surface area (Å²) in [6.45, 7) is 4.17. The summed E-state index contributed by atoms with van der Waals surface area (Å²) in [5, 5.41) is 3.48. The Morgan fingerprint density at radius 1 is 1.47 bits per heavy atom. The topological polar surface area (TPSA) is 32.3 Å². The van der Waals surface area contributed by atoms with Gasteiger partial charge in [0.2, 0.25) is 5.91 Å². The highest BCUT2D eigenvalue weighted by molar-refractivity contribution is 6.04. The van der Waals surface area contributed by atoms with Gasteiger partial charge in [-0.15, -0.1) is 0 Å². The van der Waals surface area contributed by atoms with E-state index in [9.17, 15) is 4.79 Å². The lowest BCUT2D eigenvalue weighted by Gasteiger charge is -2.27. The smallest absolute Gasteiger partial charge is 0.229 e. The van der Waals surface area contributed by atoms with Gasteiger partial charge in [0, 0.05) is 6.42 Å². The molecule has 2 heterocycles. The fourth-order valence-corrected chi connectivity index (χ4v) is 2.64. The number of anilines is 2. The van der Waals surface area contributed by atoms with Crippen LogP contribution in [0.1, 0.15) is 25.3 Å². The molecule has 1 aromatic rings. The standard InChI is InChI=1S/C12H14N2O/c1-8-4-3-5-9-11(8)13-12(2)7-6-10(15)14(9)12/h3-5,13H,6-7H2,1-2H3. The molecule has 78 valence electrons. The molecule has 1 atom stereocenters. The Morgan fingerprint density at radius 3 is 3.07 bits per heavy atom. The number of rotatable bonds is 0. The molecule has 2 aliphatic rings. The molecular weight excluding hydrogens is 188 g/mol. The molecular formula is C12H14N2O. The minimum Gasteiger partial charge on any atom is -0.361 e. The zero-order valence-corrected chi connectivity index (χ0v) is 9.00.